The summed E-state index contributed by atoms with van der Waals surface area (Å²) in [4.78, 5) is 0. The number of hydrogen-bond donors (Lipinski definition) is 0. The molecule has 0 aliphatic heterocycles. The summed E-state index contributed by atoms with van der Waals surface area (Å²) in [6.07, 6.45) is 0. The first-order chi connectivity index (χ1) is 8.37. The van der Waals surface area contributed by atoms with Crippen molar-refractivity contribution < 1.29 is 17.3 Å². The summed E-state index contributed by atoms with van der Waals surface area (Å²) in [6, 6.07) is 0. The Morgan fingerprint density at radius 3 is 0.900 bits per heavy atom. The van der Waals surface area contributed by atoms with Crippen LogP contribution in [0.4, 0.5) is 17.3 Å². The van der Waals surface area contributed by atoms with Crippen LogP contribution in [0.1, 0.15) is 62.3 Å². The lowest BCUT2D eigenvalue weighted by atomic mass is 9.81. The first-order valence-corrected chi connectivity index (χ1v) is 7.11. The van der Waals surface area contributed by atoms with Gasteiger partial charge in [0.05, 0.1) is 0 Å². The summed E-state index contributed by atoms with van der Waals surface area (Å²) in [5, 5.41) is 0. The minimum atomic E-state index is -6.00. The normalized spacial score (nSPS) is 24.1. The summed E-state index contributed by atoms with van der Waals surface area (Å²) in [5.41, 5.74) is 1.25. The Hall–Kier alpha value is -0.345. The van der Waals surface area contributed by atoms with Gasteiger partial charge in [0.1, 0.15) is 23.2 Å². The van der Waals surface area contributed by atoms with E-state index in [-0.39, 0.29) is 0 Å². The van der Waals surface area contributed by atoms with Crippen molar-refractivity contribution in [3.05, 3.63) is 5.92 Å². The van der Waals surface area contributed by atoms with Gasteiger partial charge in [0.15, 0.2) is 0 Å². The molecule has 0 nitrogen and oxygen atoms in total. The van der Waals surface area contributed by atoms with Crippen LogP contribution in [0, 0.1) is 34.0 Å². The highest BCUT2D eigenvalue weighted by molar-refractivity contribution is 6.50. The molecule has 2 unspecified atom stereocenters. The Labute approximate surface area is 121 Å². The van der Waals surface area contributed by atoms with Crippen LogP contribution in [0.2, 0.25) is 0 Å². The summed E-state index contributed by atoms with van der Waals surface area (Å²) in [5.74, 6) is 3.43. The molecule has 20 heavy (non-hydrogen) atoms. The Kier molecular flexibility index (Phi) is 5.36. The van der Waals surface area contributed by atoms with Gasteiger partial charge in [0.25, 0.3) is 0 Å². The second kappa shape index (κ2) is 5.45. The van der Waals surface area contributed by atoms with E-state index in [9.17, 15) is 17.3 Å². The lowest BCUT2D eigenvalue weighted by Crippen LogP contribution is -2.16. The smallest absolute Gasteiger partial charge is 0.418 e. The molecule has 0 bridgehead atoms. The van der Waals surface area contributed by atoms with Crippen molar-refractivity contribution in [2.75, 3.05) is 0 Å². The summed E-state index contributed by atoms with van der Waals surface area (Å²) in [7, 11) is -6.00. The van der Waals surface area contributed by atoms with E-state index in [2.05, 4.69) is 62.3 Å². The SMILES string of the molecule is CC(C)(C)[C+]1C(C(C)(C)C)C1C(C)(C)C.F[B-](F)(F)F. The molecule has 0 spiro atoms. The highest BCUT2D eigenvalue weighted by Crippen LogP contribution is 2.70. The second-order valence-electron chi connectivity index (χ2n) is 8.89. The molecule has 0 aromatic rings. The van der Waals surface area contributed by atoms with Gasteiger partial charge in [-0.05, 0) is 20.8 Å². The van der Waals surface area contributed by atoms with Crippen LogP contribution < -0.4 is 0 Å². The molecular weight excluding hydrogens is 267 g/mol. The molecule has 0 aromatic carbocycles. The van der Waals surface area contributed by atoms with Gasteiger partial charge in [-0.25, -0.2) is 0 Å². The third-order valence-electron chi connectivity index (χ3n) is 3.63. The average Bonchev–Trinajstić information content (AvgIpc) is 2.67. The lowest BCUT2D eigenvalue weighted by molar-refractivity contribution is 0.254. The fourth-order valence-corrected chi connectivity index (χ4v) is 3.13. The molecule has 0 N–H and O–H groups in total. The van der Waals surface area contributed by atoms with E-state index in [0.717, 1.165) is 11.8 Å². The van der Waals surface area contributed by atoms with Gasteiger partial charge in [-0.3, -0.25) is 0 Å². The van der Waals surface area contributed by atoms with Gasteiger partial charge in [0.2, 0.25) is 0 Å². The quantitative estimate of drug-likeness (QED) is 0.282. The summed E-state index contributed by atoms with van der Waals surface area (Å²) < 4.78 is 39.0. The average molecular weight is 296 g/mol. The standard InChI is InChI=1S/C15H29.BF4/c1-13(2,3)10-11(14(4,5)6)12(10)15(7,8)9;2-1(3,4)5/h10-11H,1-9H3;/q+1;-1. The van der Waals surface area contributed by atoms with E-state index < -0.39 is 7.25 Å². The van der Waals surface area contributed by atoms with Crippen molar-refractivity contribution in [3.8, 4) is 0 Å². The maximum Gasteiger partial charge on any atom is 0.673 e. The molecule has 2 atom stereocenters. The van der Waals surface area contributed by atoms with Crippen LogP contribution in [-0.2, 0) is 0 Å². The molecule has 0 aromatic heterocycles. The van der Waals surface area contributed by atoms with Gasteiger partial charge < -0.3 is 17.3 Å². The van der Waals surface area contributed by atoms with Crippen molar-refractivity contribution in [3.63, 3.8) is 0 Å². The second-order valence-corrected chi connectivity index (χ2v) is 8.89. The largest absolute Gasteiger partial charge is 0.673 e. The molecule has 120 valence electrons. The van der Waals surface area contributed by atoms with Gasteiger partial charge in [0, 0.05) is 10.8 Å². The van der Waals surface area contributed by atoms with Crippen molar-refractivity contribution in [2.45, 2.75) is 62.3 Å². The maximum absolute atomic E-state index is 9.75. The van der Waals surface area contributed by atoms with Crippen molar-refractivity contribution in [1.29, 1.82) is 0 Å². The molecule has 0 saturated heterocycles. The first-order valence-electron chi connectivity index (χ1n) is 7.11. The molecule has 0 amide bonds. The third kappa shape index (κ3) is 6.40. The zero-order chi connectivity index (χ0) is 16.7. The third-order valence-corrected chi connectivity index (χ3v) is 3.63. The van der Waals surface area contributed by atoms with Crippen LogP contribution in [0.5, 0.6) is 0 Å². The van der Waals surface area contributed by atoms with E-state index >= 15 is 0 Å². The fraction of sp³-hybridized carbons (Fsp3) is 0.933. The number of hydrogen-bond acceptors (Lipinski definition) is 0. The van der Waals surface area contributed by atoms with Crippen LogP contribution >= 0.6 is 0 Å². The van der Waals surface area contributed by atoms with E-state index in [0.29, 0.717) is 16.2 Å². The zero-order valence-corrected chi connectivity index (χ0v) is 14.2. The van der Waals surface area contributed by atoms with E-state index in [1.54, 1.807) is 5.92 Å². The Bertz CT molecular complexity index is 260. The highest BCUT2D eigenvalue weighted by Gasteiger charge is 2.76. The fourth-order valence-electron chi connectivity index (χ4n) is 3.13. The molecule has 1 saturated carbocycles. The van der Waals surface area contributed by atoms with Gasteiger partial charge in [-0.2, -0.15) is 0 Å². The summed E-state index contributed by atoms with van der Waals surface area (Å²) >= 11 is 0. The predicted molar refractivity (Wildman–Crippen MR) is 78.8 cm³/mol. The molecule has 0 heterocycles. The molecule has 0 radical (unpaired) electrons. The van der Waals surface area contributed by atoms with Crippen LogP contribution in [0.3, 0.4) is 0 Å². The molecule has 1 aliphatic carbocycles. The number of halogens is 4. The molecule has 1 aliphatic rings. The number of rotatable bonds is 0. The van der Waals surface area contributed by atoms with Gasteiger partial charge in [-0.15, -0.1) is 0 Å². The monoisotopic (exact) mass is 296 g/mol. The molecule has 5 heteroatoms. The Morgan fingerprint density at radius 1 is 0.650 bits per heavy atom. The Balaban J connectivity index is 0.000000621. The van der Waals surface area contributed by atoms with Crippen LogP contribution in [-0.4, -0.2) is 7.25 Å². The maximum atomic E-state index is 9.75. The topological polar surface area (TPSA) is 0 Å². The zero-order valence-electron chi connectivity index (χ0n) is 14.2. The van der Waals surface area contributed by atoms with Gasteiger partial charge >= 0.3 is 7.25 Å². The van der Waals surface area contributed by atoms with Crippen LogP contribution in [0.15, 0.2) is 0 Å². The Morgan fingerprint density at radius 2 is 0.850 bits per heavy atom. The van der Waals surface area contributed by atoms with E-state index in [1.807, 2.05) is 0 Å². The van der Waals surface area contributed by atoms with E-state index in [1.165, 1.54) is 0 Å². The van der Waals surface area contributed by atoms with Crippen molar-refractivity contribution >= 4 is 7.25 Å². The van der Waals surface area contributed by atoms with Crippen LogP contribution in [0.25, 0.3) is 0 Å². The first kappa shape index (κ1) is 19.7. The molecule has 1 rings (SSSR count). The van der Waals surface area contributed by atoms with E-state index in [4.69, 9.17) is 0 Å². The minimum absolute atomic E-state index is 0.385. The van der Waals surface area contributed by atoms with Crippen molar-refractivity contribution in [1.82, 2.24) is 0 Å². The van der Waals surface area contributed by atoms with Gasteiger partial charge in [-0.1, -0.05) is 41.5 Å². The molecular formula is C15H29BF4. The molecule has 1 fully saturated rings. The van der Waals surface area contributed by atoms with Crippen molar-refractivity contribution in [2.24, 2.45) is 28.1 Å². The summed E-state index contributed by atoms with van der Waals surface area (Å²) in [6.45, 7) is 21.4. The highest BCUT2D eigenvalue weighted by atomic mass is 19.5. The minimum Gasteiger partial charge on any atom is -0.418 e. The lowest BCUT2D eigenvalue weighted by Gasteiger charge is -2.17. The predicted octanol–water partition coefficient (Wildman–Crippen LogP) is 6.25.